The first-order valence-corrected chi connectivity index (χ1v) is 21.4. The molecule has 284 valence electrons. The summed E-state index contributed by atoms with van der Waals surface area (Å²) in [6.07, 6.45) is 0. The Labute approximate surface area is 358 Å². The predicted octanol–water partition coefficient (Wildman–Crippen LogP) is 13.9. The first kappa shape index (κ1) is 35.3. The fourth-order valence-electron chi connectivity index (χ4n) is 9.47. The predicted molar refractivity (Wildman–Crippen MR) is 253 cm³/mol. The SMILES string of the molecule is C1=NC(c2ccc(-c3ccccc3)cc2)=NC(c2ccccc2)=NC=1c1ccc(-c2ccc3c(c2)C2(c4ccccc4S3)c3ccccc3-c3c2ccc2ccccc32)cc1. The van der Waals surface area contributed by atoms with Crippen LogP contribution in [0, 0.1) is 0 Å². The van der Waals surface area contributed by atoms with Crippen molar-refractivity contribution in [2.45, 2.75) is 15.2 Å². The molecular weight excluding hydrogens is 759 g/mol. The van der Waals surface area contributed by atoms with E-state index in [1.54, 1.807) is 0 Å². The van der Waals surface area contributed by atoms with Gasteiger partial charge in [0, 0.05) is 32.4 Å². The van der Waals surface area contributed by atoms with Crippen LogP contribution in [-0.4, -0.2) is 17.5 Å². The van der Waals surface area contributed by atoms with E-state index in [4.69, 9.17) is 15.0 Å². The van der Waals surface area contributed by atoms with Gasteiger partial charge in [-0.15, -0.1) is 0 Å². The van der Waals surface area contributed by atoms with Crippen LogP contribution >= 0.6 is 11.8 Å². The molecule has 0 saturated heterocycles. The highest BCUT2D eigenvalue weighted by molar-refractivity contribution is 7.99. The molecule has 9 aromatic rings. The van der Waals surface area contributed by atoms with Crippen molar-refractivity contribution >= 4 is 45.8 Å². The van der Waals surface area contributed by atoms with Gasteiger partial charge in [0.1, 0.15) is 5.70 Å². The van der Waals surface area contributed by atoms with Crippen molar-refractivity contribution in [3.63, 3.8) is 0 Å². The summed E-state index contributed by atoms with van der Waals surface area (Å²) in [5, 5.41) is 2.55. The molecule has 2 aliphatic heterocycles. The van der Waals surface area contributed by atoms with Gasteiger partial charge in [-0.05, 0) is 84.6 Å². The topological polar surface area (TPSA) is 37.1 Å². The van der Waals surface area contributed by atoms with Crippen LogP contribution in [0.1, 0.15) is 38.9 Å². The molecule has 12 rings (SSSR count). The number of hydrogen-bond acceptors (Lipinski definition) is 4. The molecule has 0 radical (unpaired) electrons. The van der Waals surface area contributed by atoms with Crippen LogP contribution in [0.15, 0.2) is 237 Å². The molecule has 3 nitrogen and oxygen atoms in total. The minimum Gasteiger partial charge on any atom is -0.218 e. The number of rotatable bonds is 5. The molecule has 61 heavy (non-hydrogen) atoms. The van der Waals surface area contributed by atoms with Gasteiger partial charge < -0.3 is 0 Å². The van der Waals surface area contributed by atoms with Crippen molar-refractivity contribution in [2.24, 2.45) is 15.0 Å². The Morgan fingerprint density at radius 2 is 0.951 bits per heavy atom. The molecule has 1 atom stereocenters. The zero-order valence-electron chi connectivity index (χ0n) is 33.0. The van der Waals surface area contributed by atoms with E-state index in [1.165, 1.54) is 59.5 Å². The molecule has 0 fully saturated rings. The average molecular weight is 794 g/mol. The minimum absolute atomic E-state index is 0.465. The summed E-state index contributed by atoms with van der Waals surface area (Å²) >= 11 is 1.87. The number of benzene rings is 9. The van der Waals surface area contributed by atoms with Crippen LogP contribution in [0.2, 0.25) is 0 Å². The lowest BCUT2D eigenvalue weighted by atomic mass is 9.67. The van der Waals surface area contributed by atoms with E-state index in [2.05, 4.69) is 182 Å². The van der Waals surface area contributed by atoms with Crippen LogP contribution < -0.4 is 0 Å². The van der Waals surface area contributed by atoms with Gasteiger partial charge >= 0.3 is 0 Å². The summed E-state index contributed by atoms with van der Waals surface area (Å²) in [5.74, 6) is 4.45. The third-order valence-electron chi connectivity index (χ3n) is 12.3. The Kier molecular flexibility index (Phi) is 8.28. The lowest BCUT2D eigenvalue weighted by Crippen LogP contribution is -2.32. The lowest BCUT2D eigenvalue weighted by molar-refractivity contribution is 0.723. The van der Waals surface area contributed by atoms with Gasteiger partial charge in [-0.3, -0.25) is 0 Å². The smallest absolute Gasteiger partial charge is 0.171 e. The number of amidine groups is 2. The van der Waals surface area contributed by atoms with E-state index < -0.39 is 5.41 Å². The third kappa shape index (κ3) is 5.73. The highest BCUT2D eigenvalue weighted by Crippen LogP contribution is 2.63. The fraction of sp³-hybridized carbons (Fsp3) is 0.0175. The van der Waals surface area contributed by atoms with E-state index in [9.17, 15) is 0 Å². The molecule has 4 heteroatoms. The highest BCUT2D eigenvalue weighted by Gasteiger charge is 2.50. The zero-order chi connectivity index (χ0) is 40.3. The van der Waals surface area contributed by atoms with E-state index >= 15 is 0 Å². The second kappa shape index (κ2) is 14.3. The third-order valence-corrected chi connectivity index (χ3v) is 13.5. The van der Waals surface area contributed by atoms with Gasteiger partial charge in [0.15, 0.2) is 11.7 Å². The van der Waals surface area contributed by atoms with E-state index in [-0.39, 0.29) is 0 Å². The molecule has 0 saturated carbocycles. The molecule has 1 aliphatic carbocycles. The molecule has 0 aromatic heterocycles. The second-order valence-electron chi connectivity index (χ2n) is 15.6. The van der Waals surface area contributed by atoms with Gasteiger partial charge in [-0.1, -0.05) is 206 Å². The summed E-state index contributed by atoms with van der Waals surface area (Å²) in [6.45, 7) is 0. The van der Waals surface area contributed by atoms with Gasteiger partial charge in [-0.2, -0.15) is 4.99 Å². The summed E-state index contributed by atoms with van der Waals surface area (Å²) < 4.78 is 0. The van der Waals surface area contributed by atoms with E-state index in [0.717, 1.165) is 33.4 Å². The molecule has 9 aromatic carbocycles. The minimum atomic E-state index is -0.465. The Hall–Kier alpha value is -7.62. The number of hydrogen-bond donors (Lipinski definition) is 0. The van der Waals surface area contributed by atoms with E-state index in [1.807, 2.05) is 48.2 Å². The van der Waals surface area contributed by atoms with Crippen molar-refractivity contribution in [1.82, 2.24) is 0 Å². The Balaban J connectivity index is 0.958. The monoisotopic (exact) mass is 793 g/mol. The molecule has 0 N–H and O–H groups in total. The Morgan fingerprint density at radius 1 is 0.377 bits per heavy atom. The van der Waals surface area contributed by atoms with Gasteiger partial charge in [0.05, 0.1) is 5.41 Å². The van der Waals surface area contributed by atoms with Crippen LogP contribution in [-0.2, 0) is 5.41 Å². The van der Waals surface area contributed by atoms with Crippen molar-refractivity contribution in [3.05, 3.63) is 251 Å². The van der Waals surface area contributed by atoms with Gasteiger partial charge in [0.2, 0.25) is 0 Å². The quantitative estimate of drug-likeness (QED) is 0.171. The van der Waals surface area contributed by atoms with Crippen molar-refractivity contribution in [3.8, 4) is 33.4 Å². The maximum Gasteiger partial charge on any atom is 0.171 e. The largest absolute Gasteiger partial charge is 0.218 e. The molecule has 2 heterocycles. The van der Waals surface area contributed by atoms with Crippen LogP contribution in [0.5, 0.6) is 0 Å². The van der Waals surface area contributed by atoms with Crippen molar-refractivity contribution < 1.29 is 0 Å². The lowest BCUT2D eigenvalue weighted by Gasteiger charge is -2.40. The van der Waals surface area contributed by atoms with Crippen molar-refractivity contribution in [1.29, 1.82) is 0 Å². The maximum absolute atomic E-state index is 5.09. The molecule has 3 aliphatic rings. The standard InChI is InChI=1S/C57H35N3S/c1-3-13-37(14-4-1)38-25-29-43(30-26-38)55-58-36-51(59-56(60-55)42-16-5-2-6-17-42)41-27-23-39(24-28-41)44-32-34-53-50(35-44)57(48-21-11-12-22-52(48)61-53)47-20-10-9-19-46(47)54-45-18-8-7-15-40(45)31-33-49(54)57/h1-35H. The first-order chi connectivity index (χ1) is 30.2. The molecule has 1 unspecified atom stereocenters. The van der Waals surface area contributed by atoms with Crippen LogP contribution in [0.25, 0.3) is 49.9 Å². The summed E-state index contributed by atoms with van der Waals surface area (Å²) in [6, 6.07) is 76.1. The normalized spacial score (nSPS) is 15.8. The Morgan fingerprint density at radius 3 is 1.75 bits per heavy atom. The summed E-state index contributed by atoms with van der Waals surface area (Å²) in [5.41, 5.74) is 15.5. The summed E-state index contributed by atoms with van der Waals surface area (Å²) in [7, 11) is 0. The van der Waals surface area contributed by atoms with Crippen LogP contribution in [0.3, 0.4) is 0 Å². The fourth-order valence-corrected chi connectivity index (χ4v) is 10.6. The Bertz CT molecular complexity index is 3340. The molecule has 1 spiro atoms. The average Bonchev–Trinajstić information content (AvgIpc) is 3.45. The second-order valence-corrected chi connectivity index (χ2v) is 16.7. The van der Waals surface area contributed by atoms with Crippen molar-refractivity contribution in [2.75, 3.05) is 0 Å². The van der Waals surface area contributed by atoms with E-state index in [0.29, 0.717) is 17.4 Å². The number of fused-ring (bicyclic) bond motifs is 11. The zero-order valence-corrected chi connectivity index (χ0v) is 33.8. The molecule has 0 amide bonds. The molecular formula is C57H35N3S. The maximum atomic E-state index is 5.09. The first-order valence-electron chi connectivity index (χ1n) is 20.6. The molecule has 0 bridgehead atoms. The van der Waals surface area contributed by atoms with Gasteiger partial charge in [-0.25, -0.2) is 9.98 Å². The van der Waals surface area contributed by atoms with Gasteiger partial charge in [0.25, 0.3) is 0 Å². The number of aliphatic imine (C=N–C) groups is 3. The highest BCUT2D eigenvalue weighted by atomic mass is 32.2. The summed E-state index contributed by atoms with van der Waals surface area (Å²) in [4.78, 5) is 17.5. The number of nitrogens with zero attached hydrogens (tertiary/aromatic N) is 3. The van der Waals surface area contributed by atoms with Crippen LogP contribution in [0.4, 0.5) is 0 Å².